The summed E-state index contributed by atoms with van der Waals surface area (Å²) in [5, 5.41) is 8.37. The van der Waals surface area contributed by atoms with E-state index in [-0.39, 0.29) is 11.7 Å². The molecule has 2 aromatic carbocycles. The Morgan fingerprint density at radius 3 is 2.30 bits per heavy atom. The molecule has 30 heavy (non-hydrogen) atoms. The molecule has 0 saturated heterocycles. The molecule has 3 N–H and O–H groups in total. The molecule has 11 heteroatoms. The molecular weight excluding hydrogens is 537 g/mol. The molecule has 0 aliphatic heterocycles. The number of thiocarbonyl (C=S) groups is 1. The lowest BCUT2D eigenvalue weighted by molar-refractivity contribution is 0.0526. The molecule has 0 unspecified atom stereocenters. The van der Waals surface area contributed by atoms with E-state index in [1.165, 1.54) is 0 Å². The molecule has 0 saturated carbocycles. The van der Waals surface area contributed by atoms with Crippen LogP contribution in [0.25, 0.3) is 0 Å². The smallest absolute Gasteiger partial charge is 0.338 e. The zero-order valence-corrected chi connectivity index (χ0v) is 20.2. The number of benzene rings is 2. The summed E-state index contributed by atoms with van der Waals surface area (Å²) in [7, 11) is 0. The van der Waals surface area contributed by atoms with Crippen molar-refractivity contribution in [3.8, 4) is 0 Å². The third-order valence-electron chi connectivity index (χ3n) is 3.65. The van der Waals surface area contributed by atoms with Gasteiger partial charge in [-0.2, -0.15) is 0 Å². The third kappa shape index (κ3) is 7.28. The Balaban J connectivity index is 2.04. The largest absolute Gasteiger partial charge is 0.462 e. The highest BCUT2D eigenvalue weighted by Crippen LogP contribution is 2.29. The Kier molecular flexibility index (Phi) is 9.18. The van der Waals surface area contributed by atoms with Gasteiger partial charge < -0.3 is 20.7 Å². The number of halogens is 4. The molecular formula is C19H17BrCl3N3O3S. The van der Waals surface area contributed by atoms with Crippen molar-refractivity contribution in [2.24, 2.45) is 0 Å². The van der Waals surface area contributed by atoms with Gasteiger partial charge in [0.2, 0.25) is 3.79 Å². The van der Waals surface area contributed by atoms with E-state index in [2.05, 4.69) is 31.9 Å². The molecule has 0 aliphatic carbocycles. The van der Waals surface area contributed by atoms with Gasteiger partial charge in [-0.1, -0.05) is 46.9 Å². The highest BCUT2D eigenvalue weighted by atomic mass is 79.9. The van der Waals surface area contributed by atoms with Crippen molar-refractivity contribution in [2.45, 2.75) is 16.9 Å². The Hall–Kier alpha value is -1.58. The van der Waals surface area contributed by atoms with E-state index in [0.29, 0.717) is 21.3 Å². The molecule has 0 aromatic heterocycles. The zero-order valence-electron chi connectivity index (χ0n) is 15.5. The molecule has 1 amide bonds. The summed E-state index contributed by atoms with van der Waals surface area (Å²) < 4.78 is 3.63. The number of rotatable bonds is 6. The van der Waals surface area contributed by atoms with Gasteiger partial charge in [-0.15, -0.1) is 0 Å². The lowest BCUT2D eigenvalue weighted by Crippen LogP contribution is -2.56. The van der Waals surface area contributed by atoms with Crippen molar-refractivity contribution in [3.63, 3.8) is 0 Å². The van der Waals surface area contributed by atoms with Crippen LogP contribution in [0.5, 0.6) is 0 Å². The van der Waals surface area contributed by atoms with Crippen molar-refractivity contribution >= 4 is 85.6 Å². The number of esters is 1. The normalized spacial score (nSPS) is 11.9. The van der Waals surface area contributed by atoms with E-state index in [4.69, 9.17) is 51.8 Å². The average molecular weight is 554 g/mol. The number of ether oxygens (including phenoxy) is 1. The number of carbonyl (C=O) groups is 2. The molecule has 0 bridgehead atoms. The minimum absolute atomic E-state index is 0.0997. The first-order valence-corrected chi connectivity index (χ1v) is 10.9. The first-order chi connectivity index (χ1) is 14.1. The van der Waals surface area contributed by atoms with E-state index < -0.39 is 21.8 Å². The van der Waals surface area contributed by atoms with E-state index in [9.17, 15) is 9.59 Å². The van der Waals surface area contributed by atoms with Crippen LogP contribution >= 0.6 is 63.0 Å². The molecule has 2 rings (SSSR count). The average Bonchev–Trinajstić information content (AvgIpc) is 2.67. The standard InChI is InChI=1S/C19H17BrCl3N3O3S/c1-2-29-16(28)11-7-9-12(10-8-11)24-18(30)26-17(19(21,22)23)25-15(27)13-5-3-4-6-14(13)20/h3-10,17H,2H2,1H3,(H,25,27)(H2,24,26,30)/t17-/m1/s1. The maximum absolute atomic E-state index is 12.6. The van der Waals surface area contributed by atoms with Gasteiger partial charge in [-0.25, -0.2) is 4.79 Å². The summed E-state index contributed by atoms with van der Waals surface area (Å²) in [5.74, 6) is -0.885. The van der Waals surface area contributed by atoms with Crippen molar-refractivity contribution < 1.29 is 14.3 Å². The van der Waals surface area contributed by atoms with E-state index >= 15 is 0 Å². The van der Waals surface area contributed by atoms with Crippen LogP contribution in [0.1, 0.15) is 27.6 Å². The highest BCUT2D eigenvalue weighted by Gasteiger charge is 2.35. The number of alkyl halides is 3. The Morgan fingerprint density at radius 2 is 1.73 bits per heavy atom. The monoisotopic (exact) mass is 551 g/mol. The van der Waals surface area contributed by atoms with Crippen LogP contribution < -0.4 is 16.0 Å². The second kappa shape index (κ2) is 11.2. The minimum atomic E-state index is -1.89. The van der Waals surface area contributed by atoms with Gasteiger partial charge in [0.1, 0.15) is 6.17 Å². The predicted molar refractivity (Wildman–Crippen MR) is 127 cm³/mol. The number of carbonyl (C=O) groups excluding carboxylic acids is 2. The lowest BCUT2D eigenvalue weighted by Gasteiger charge is -2.28. The maximum Gasteiger partial charge on any atom is 0.338 e. The van der Waals surface area contributed by atoms with Gasteiger partial charge in [0.05, 0.1) is 17.7 Å². The van der Waals surface area contributed by atoms with Gasteiger partial charge in [0.15, 0.2) is 5.11 Å². The van der Waals surface area contributed by atoms with Crippen LogP contribution in [0.3, 0.4) is 0 Å². The quantitative estimate of drug-likeness (QED) is 0.201. The highest BCUT2D eigenvalue weighted by molar-refractivity contribution is 9.10. The fraction of sp³-hybridized carbons (Fsp3) is 0.211. The summed E-state index contributed by atoms with van der Waals surface area (Å²) in [4.78, 5) is 24.3. The van der Waals surface area contributed by atoms with Gasteiger partial charge in [0, 0.05) is 10.2 Å². The van der Waals surface area contributed by atoms with Gasteiger partial charge >= 0.3 is 5.97 Å². The van der Waals surface area contributed by atoms with Crippen molar-refractivity contribution in [3.05, 3.63) is 64.1 Å². The topological polar surface area (TPSA) is 79.5 Å². The van der Waals surface area contributed by atoms with Crippen LogP contribution in [0, 0.1) is 0 Å². The molecule has 160 valence electrons. The first kappa shape index (κ1) is 24.7. The number of hydrogen-bond donors (Lipinski definition) is 3. The molecule has 1 atom stereocenters. The third-order valence-corrected chi connectivity index (χ3v) is 5.22. The van der Waals surface area contributed by atoms with E-state index in [1.54, 1.807) is 55.5 Å². The van der Waals surface area contributed by atoms with Gasteiger partial charge in [-0.05, 0) is 71.5 Å². The van der Waals surface area contributed by atoms with Crippen molar-refractivity contribution in [2.75, 3.05) is 11.9 Å². The van der Waals surface area contributed by atoms with E-state index in [0.717, 1.165) is 0 Å². The molecule has 0 heterocycles. The number of hydrogen-bond acceptors (Lipinski definition) is 4. The molecule has 6 nitrogen and oxygen atoms in total. The molecule has 0 aliphatic rings. The summed E-state index contributed by atoms with van der Waals surface area (Å²) in [6.07, 6.45) is -1.12. The number of amides is 1. The molecule has 0 fully saturated rings. The second-order valence-corrected chi connectivity index (χ2v) is 9.46. The fourth-order valence-electron chi connectivity index (χ4n) is 2.26. The van der Waals surface area contributed by atoms with Crippen LogP contribution in [-0.2, 0) is 4.74 Å². The fourth-order valence-corrected chi connectivity index (χ4v) is 3.28. The summed E-state index contributed by atoms with van der Waals surface area (Å²) >= 11 is 26.6. The Bertz CT molecular complexity index is 923. The summed E-state index contributed by atoms with van der Waals surface area (Å²) in [5.41, 5.74) is 1.36. The predicted octanol–water partition coefficient (Wildman–Crippen LogP) is 5.04. The van der Waals surface area contributed by atoms with Crippen LogP contribution in [-0.4, -0.2) is 33.6 Å². The lowest BCUT2D eigenvalue weighted by atomic mass is 10.2. The van der Waals surface area contributed by atoms with Crippen LogP contribution in [0.4, 0.5) is 5.69 Å². The van der Waals surface area contributed by atoms with Crippen molar-refractivity contribution in [1.82, 2.24) is 10.6 Å². The van der Waals surface area contributed by atoms with Gasteiger partial charge in [0.25, 0.3) is 5.91 Å². The van der Waals surface area contributed by atoms with Crippen molar-refractivity contribution in [1.29, 1.82) is 0 Å². The Morgan fingerprint density at radius 1 is 1.10 bits per heavy atom. The minimum Gasteiger partial charge on any atom is -0.462 e. The Labute approximate surface area is 202 Å². The number of nitrogens with one attached hydrogen (secondary N) is 3. The van der Waals surface area contributed by atoms with Crippen LogP contribution in [0.15, 0.2) is 53.0 Å². The maximum atomic E-state index is 12.6. The summed E-state index contributed by atoms with van der Waals surface area (Å²) in [6, 6.07) is 13.3. The molecule has 0 spiro atoms. The van der Waals surface area contributed by atoms with E-state index in [1.807, 2.05) is 0 Å². The molecule has 0 radical (unpaired) electrons. The first-order valence-electron chi connectivity index (χ1n) is 8.58. The second-order valence-electron chi connectivity index (χ2n) is 5.82. The number of anilines is 1. The summed E-state index contributed by atoms with van der Waals surface area (Å²) in [6.45, 7) is 2.02. The SMILES string of the molecule is CCOC(=O)c1ccc(NC(=S)N[C@@H](NC(=O)c2ccccc2Br)C(Cl)(Cl)Cl)cc1. The zero-order chi connectivity index (χ0) is 22.3. The van der Waals surface area contributed by atoms with Gasteiger partial charge in [-0.3, -0.25) is 4.79 Å². The van der Waals surface area contributed by atoms with Crippen LogP contribution in [0.2, 0.25) is 0 Å². The molecule has 2 aromatic rings.